The van der Waals surface area contributed by atoms with Crippen LogP contribution in [0.4, 0.5) is 0 Å². The molecule has 2 N–H and O–H groups in total. The van der Waals surface area contributed by atoms with E-state index in [0.717, 1.165) is 12.0 Å². The van der Waals surface area contributed by atoms with E-state index in [2.05, 4.69) is 25.7 Å². The Morgan fingerprint density at radius 3 is 2.53 bits per heavy atom. The molecule has 0 saturated heterocycles. The van der Waals surface area contributed by atoms with E-state index in [4.69, 9.17) is 5.73 Å². The highest BCUT2D eigenvalue weighted by molar-refractivity contribution is 4.81. The summed E-state index contributed by atoms with van der Waals surface area (Å²) < 4.78 is 0. The molecule has 1 saturated carbocycles. The van der Waals surface area contributed by atoms with E-state index >= 15 is 0 Å². The zero-order valence-electron chi connectivity index (χ0n) is 10.7. The number of hydrogen-bond donors (Lipinski definition) is 1. The zero-order chi connectivity index (χ0) is 11.3. The van der Waals surface area contributed by atoms with Gasteiger partial charge in [-0.15, -0.1) is 0 Å². The lowest BCUT2D eigenvalue weighted by atomic mass is 9.99. The predicted molar refractivity (Wildman–Crippen MR) is 66.9 cm³/mol. The van der Waals surface area contributed by atoms with Crippen LogP contribution >= 0.6 is 0 Å². The summed E-state index contributed by atoms with van der Waals surface area (Å²) in [6.07, 6.45) is 6.52. The Bertz CT molecular complexity index is 170. The molecule has 0 amide bonds. The van der Waals surface area contributed by atoms with Crippen molar-refractivity contribution >= 4 is 0 Å². The van der Waals surface area contributed by atoms with Crippen molar-refractivity contribution in [1.82, 2.24) is 4.90 Å². The molecule has 0 radical (unpaired) electrons. The third-order valence-corrected chi connectivity index (χ3v) is 4.13. The van der Waals surface area contributed by atoms with Gasteiger partial charge in [0.1, 0.15) is 0 Å². The summed E-state index contributed by atoms with van der Waals surface area (Å²) in [5, 5.41) is 0. The Morgan fingerprint density at radius 1 is 1.33 bits per heavy atom. The average molecular weight is 212 g/mol. The molecule has 1 rings (SSSR count). The van der Waals surface area contributed by atoms with Crippen molar-refractivity contribution in [3.05, 3.63) is 0 Å². The largest absolute Gasteiger partial charge is 0.327 e. The van der Waals surface area contributed by atoms with Crippen LogP contribution in [0, 0.1) is 5.92 Å². The molecule has 1 aliphatic carbocycles. The molecule has 1 fully saturated rings. The number of hydrogen-bond acceptors (Lipinski definition) is 2. The van der Waals surface area contributed by atoms with E-state index in [1.54, 1.807) is 0 Å². The van der Waals surface area contributed by atoms with Crippen LogP contribution in [0.25, 0.3) is 0 Å². The van der Waals surface area contributed by atoms with Crippen LogP contribution < -0.4 is 5.73 Å². The fourth-order valence-corrected chi connectivity index (χ4v) is 2.70. The van der Waals surface area contributed by atoms with Crippen molar-refractivity contribution in [3.63, 3.8) is 0 Å². The summed E-state index contributed by atoms with van der Waals surface area (Å²) in [5.41, 5.74) is 6.10. The van der Waals surface area contributed by atoms with Crippen LogP contribution in [0.2, 0.25) is 0 Å². The van der Waals surface area contributed by atoms with Crippen molar-refractivity contribution in [3.8, 4) is 0 Å². The molecule has 3 unspecified atom stereocenters. The van der Waals surface area contributed by atoms with Crippen LogP contribution in [0.3, 0.4) is 0 Å². The van der Waals surface area contributed by atoms with Gasteiger partial charge in [0.2, 0.25) is 0 Å². The van der Waals surface area contributed by atoms with Gasteiger partial charge in [-0.25, -0.2) is 0 Å². The third-order valence-electron chi connectivity index (χ3n) is 4.13. The lowest BCUT2D eigenvalue weighted by Crippen LogP contribution is -2.35. The lowest BCUT2D eigenvalue weighted by Gasteiger charge is -2.28. The van der Waals surface area contributed by atoms with E-state index < -0.39 is 0 Å². The maximum absolute atomic E-state index is 6.10. The Hall–Kier alpha value is -0.0800. The summed E-state index contributed by atoms with van der Waals surface area (Å²) in [6.45, 7) is 9.29. The summed E-state index contributed by atoms with van der Waals surface area (Å²) in [7, 11) is 0. The summed E-state index contributed by atoms with van der Waals surface area (Å²) >= 11 is 0. The summed E-state index contributed by atoms with van der Waals surface area (Å²) in [6, 6.07) is 1.22. The molecular formula is C13H28N2. The molecular weight excluding hydrogens is 184 g/mol. The van der Waals surface area contributed by atoms with Crippen molar-refractivity contribution in [2.24, 2.45) is 11.7 Å². The van der Waals surface area contributed by atoms with Crippen LogP contribution in [-0.4, -0.2) is 30.1 Å². The highest BCUT2D eigenvalue weighted by Crippen LogP contribution is 2.27. The molecule has 0 spiro atoms. The first-order chi connectivity index (χ1) is 7.19. The molecule has 0 heterocycles. The Morgan fingerprint density at radius 2 is 2.07 bits per heavy atom. The number of nitrogens with zero attached hydrogens (tertiary/aromatic N) is 1. The zero-order valence-corrected chi connectivity index (χ0v) is 10.7. The standard InChI is InChI=1S/C13H28N2/c1-4-11(3)15(5-2)10-9-12-7-6-8-13(12)14/h11-13H,4-10,14H2,1-3H3. The minimum absolute atomic E-state index is 0.487. The van der Waals surface area contributed by atoms with Gasteiger partial charge in [-0.05, 0) is 51.6 Å². The van der Waals surface area contributed by atoms with Gasteiger partial charge in [-0.1, -0.05) is 20.3 Å². The van der Waals surface area contributed by atoms with Crippen LogP contribution in [0.1, 0.15) is 52.9 Å². The molecule has 2 nitrogen and oxygen atoms in total. The molecule has 0 bridgehead atoms. The summed E-state index contributed by atoms with van der Waals surface area (Å²) in [5.74, 6) is 0.795. The van der Waals surface area contributed by atoms with Crippen molar-refractivity contribution in [2.45, 2.75) is 65.0 Å². The molecule has 0 aromatic rings. The second-order valence-electron chi connectivity index (χ2n) is 5.03. The quantitative estimate of drug-likeness (QED) is 0.733. The molecule has 15 heavy (non-hydrogen) atoms. The highest BCUT2D eigenvalue weighted by atomic mass is 15.1. The first kappa shape index (κ1) is 13.0. The number of nitrogens with two attached hydrogens (primary N) is 1. The number of rotatable bonds is 6. The minimum atomic E-state index is 0.487. The van der Waals surface area contributed by atoms with Gasteiger partial charge in [-0.3, -0.25) is 0 Å². The fraction of sp³-hybridized carbons (Fsp3) is 1.00. The van der Waals surface area contributed by atoms with E-state index in [0.29, 0.717) is 6.04 Å². The predicted octanol–water partition coefficient (Wildman–Crippen LogP) is 2.62. The third kappa shape index (κ3) is 3.76. The van der Waals surface area contributed by atoms with Gasteiger partial charge in [-0.2, -0.15) is 0 Å². The highest BCUT2D eigenvalue weighted by Gasteiger charge is 2.24. The van der Waals surface area contributed by atoms with Crippen molar-refractivity contribution in [1.29, 1.82) is 0 Å². The van der Waals surface area contributed by atoms with Gasteiger partial charge < -0.3 is 10.6 Å². The van der Waals surface area contributed by atoms with E-state index in [1.165, 1.54) is 45.2 Å². The molecule has 3 atom stereocenters. The Balaban J connectivity index is 2.27. The average Bonchev–Trinajstić information content (AvgIpc) is 2.65. The minimum Gasteiger partial charge on any atom is -0.327 e. The molecule has 90 valence electrons. The van der Waals surface area contributed by atoms with Crippen molar-refractivity contribution in [2.75, 3.05) is 13.1 Å². The molecule has 1 aliphatic rings. The molecule has 2 heteroatoms. The molecule has 0 aromatic carbocycles. The van der Waals surface area contributed by atoms with E-state index in [1.807, 2.05) is 0 Å². The van der Waals surface area contributed by atoms with Gasteiger partial charge in [0.25, 0.3) is 0 Å². The summed E-state index contributed by atoms with van der Waals surface area (Å²) in [4.78, 5) is 2.59. The van der Waals surface area contributed by atoms with Crippen LogP contribution in [-0.2, 0) is 0 Å². The maximum Gasteiger partial charge on any atom is 0.00676 e. The first-order valence-electron chi connectivity index (χ1n) is 6.68. The second-order valence-corrected chi connectivity index (χ2v) is 5.03. The van der Waals surface area contributed by atoms with Crippen LogP contribution in [0.5, 0.6) is 0 Å². The maximum atomic E-state index is 6.10. The smallest absolute Gasteiger partial charge is 0.00676 e. The SMILES string of the molecule is CCC(C)N(CC)CCC1CCCC1N. The lowest BCUT2D eigenvalue weighted by molar-refractivity contribution is 0.197. The monoisotopic (exact) mass is 212 g/mol. The van der Waals surface area contributed by atoms with Crippen molar-refractivity contribution < 1.29 is 0 Å². The van der Waals surface area contributed by atoms with E-state index in [-0.39, 0.29) is 0 Å². The van der Waals surface area contributed by atoms with Gasteiger partial charge in [0.05, 0.1) is 0 Å². The van der Waals surface area contributed by atoms with Gasteiger partial charge >= 0.3 is 0 Å². The van der Waals surface area contributed by atoms with Gasteiger partial charge in [0.15, 0.2) is 0 Å². The second kappa shape index (κ2) is 6.49. The normalized spacial score (nSPS) is 28.6. The van der Waals surface area contributed by atoms with Gasteiger partial charge in [0, 0.05) is 12.1 Å². The molecule has 0 aliphatic heterocycles. The Kier molecular flexibility index (Phi) is 5.62. The molecule has 0 aromatic heterocycles. The fourth-order valence-electron chi connectivity index (χ4n) is 2.70. The van der Waals surface area contributed by atoms with Crippen LogP contribution in [0.15, 0.2) is 0 Å². The Labute approximate surface area is 95.2 Å². The first-order valence-corrected chi connectivity index (χ1v) is 6.68. The van der Waals surface area contributed by atoms with E-state index in [9.17, 15) is 0 Å². The topological polar surface area (TPSA) is 29.3 Å².